The molecule has 0 saturated heterocycles. The van der Waals surface area contributed by atoms with Gasteiger partial charge < -0.3 is 10.5 Å². The maximum atomic E-state index is 14.1. The Labute approximate surface area is 118 Å². The summed E-state index contributed by atoms with van der Waals surface area (Å²) in [5.41, 5.74) is 9.13. The molecular formula is C17H18FNO. The fourth-order valence-corrected chi connectivity index (χ4v) is 2.61. The molecule has 0 fully saturated rings. The molecule has 0 unspecified atom stereocenters. The van der Waals surface area contributed by atoms with Gasteiger partial charge in [-0.25, -0.2) is 4.39 Å². The second kappa shape index (κ2) is 4.60. The Bertz CT molecular complexity index is 664. The average molecular weight is 271 g/mol. The molecule has 1 heterocycles. The number of hydrogen-bond donors (Lipinski definition) is 1. The molecule has 3 heteroatoms. The van der Waals surface area contributed by atoms with Crippen molar-refractivity contribution in [2.75, 3.05) is 6.61 Å². The maximum absolute atomic E-state index is 14.1. The third kappa shape index (κ3) is 2.08. The molecular weight excluding hydrogens is 253 g/mol. The van der Waals surface area contributed by atoms with Gasteiger partial charge in [-0.2, -0.15) is 0 Å². The van der Waals surface area contributed by atoms with E-state index in [1.807, 2.05) is 24.3 Å². The highest BCUT2D eigenvalue weighted by Crippen LogP contribution is 2.40. The number of hydrogen-bond acceptors (Lipinski definition) is 2. The molecule has 2 nitrogen and oxygen atoms in total. The smallest absolute Gasteiger partial charge is 0.131 e. The Morgan fingerprint density at radius 2 is 2.00 bits per heavy atom. The highest BCUT2D eigenvalue weighted by atomic mass is 19.1. The van der Waals surface area contributed by atoms with Crippen LogP contribution < -0.4 is 10.5 Å². The summed E-state index contributed by atoms with van der Waals surface area (Å²) in [4.78, 5) is 0. The van der Waals surface area contributed by atoms with Crippen molar-refractivity contribution in [3.63, 3.8) is 0 Å². The molecule has 0 aliphatic carbocycles. The lowest BCUT2D eigenvalue weighted by atomic mass is 9.85. The van der Waals surface area contributed by atoms with E-state index in [4.69, 9.17) is 10.5 Å². The zero-order valence-electron chi connectivity index (χ0n) is 11.7. The predicted molar refractivity (Wildman–Crippen MR) is 78.2 cm³/mol. The molecule has 2 aromatic carbocycles. The van der Waals surface area contributed by atoms with Gasteiger partial charge in [0.25, 0.3) is 0 Å². The Morgan fingerprint density at radius 3 is 2.75 bits per heavy atom. The van der Waals surface area contributed by atoms with Crippen LogP contribution in [0.3, 0.4) is 0 Å². The van der Waals surface area contributed by atoms with Crippen LogP contribution >= 0.6 is 0 Å². The molecule has 0 amide bonds. The highest BCUT2D eigenvalue weighted by Gasteiger charge is 2.31. The van der Waals surface area contributed by atoms with Gasteiger partial charge >= 0.3 is 0 Å². The Morgan fingerprint density at radius 1 is 1.20 bits per heavy atom. The molecule has 1 aliphatic rings. The maximum Gasteiger partial charge on any atom is 0.131 e. The zero-order valence-corrected chi connectivity index (χ0v) is 11.7. The fourth-order valence-electron chi connectivity index (χ4n) is 2.61. The SMILES string of the molecule is CC1(C)COc2ccc(-c3cc(CN)ccc3F)cc21. The van der Waals surface area contributed by atoms with Crippen LogP contribution in [0.1, 0.15) is 25.0 Å². The summed E-state index contributed by atoms with van der Waals surface area (Å²) in [5, 5.41) is 0. The molecule has 3 rings (SSSR count). The summed E-state index contributed by atoms with van der Waals surface area (Å²) in [6, 6.07) is 10.9. The Hall–Kier alpha value is -1.87. The molecule has 104 valence electrons. The largest absolute Gasteiger partial charge is 0.492 e. The number of fused-ring (bicyclic) bond motifs is 1. The first kappa shape index (κ1) is 13.1. The van der Waals surface area contributed by atoms with Crippen molar-refractivity contribution in [3.05, 3.63) is 53.3 Å². The second-order valence-corrected chi connectivity index (χ2v) is 5.90. The molecule has 1 aliphatic heterocycles. The van der Waals surface area contributed by atoms with Gasteiger partial charge in [0, 0.05) is 23.1 Å². The van der Waals surface area contributed by atoms with Crippen LogP contribution in [0.25, 0.3) is 11.1 Å². The predicted octanol–water partition coefficient (Wildman–Crippen LogP) is 3.62. The topological polar surface area (TPSA) is 35.2 Å². The van der Waals surface area contributed by atoms with Gasteiger partial charge in [-0.1, -0.05) is 26.0 Å². The molecule has 0 saturated carbocycles. The monoisotopic (exact) mass is 271 g/mol. The summed E-state index contributed by atoms with van der Waals surface area (Å²) in [5.74, 6) is 0.674. The lowest BCUT2D eigenvalue weighted by Crippen LogP contribution is -2.18. The van der Waals surface area contributed by atoms with Crippen molar-refractivity contribution < 1.29 is 9.13 Å². The summed E-state index contributed by atoms with van der Waals surface area (Å²) >= 11 is 0. The van der Waals surface area contributed by atoms with Gasteiger partial charge in [0.2, 0.25) is 0 Å². The standard InChI is InChI=1S/C17H18FNO/c1-17(2)10-20-16-6-4-12(8-14(16)17)13-7-11(9-19)3-5-15(13)18/h3-8H,9-10,19H2,1-2H3. The van der Waals surface area contributed by atoms with Crippen LogP contribution in [0.4, 0.5) is 4.39 Å². The summed E-state index contributed by atoms with van der Waals surface area (Å²) < 4.78 is 19.7. The summed E-state index contributed by atoms with van der Waals surface area (Å²) in [6.45, 7) is 5.34. The first-order chi connectivity index (χ1) is 9.51. The minimum absolute atomic E-state index is 0.0344. The Balaban J connectivity index is 2.12. The quantitative estimate of drug-likeness (QED) is 0.905. The van der Waals surface area contributed by atoms with Crippen molar-refractivity contribution in [2.45, 2.75) is 25.8 Å². The van der Waals surface area contributed by atoms with E-state index >= 15 is 0 Å². The third-order valence-electron chi connectivity index (χ3n) is 3.87. The van der Waals surface area contributed by atoms with E-state index in [1.54, 1.807) is 6.07 Å². The first-order valence-corrected chi connectivity index (χ1v) is 6.77. The van der Waals surface area contributed by atoms with E-state index in [0.29, 0.717) is 18.7 Å². The molecule has 0 spiro atoms. The number of benzene rings is 2. The van der Waals surface area contributed by atoms with E-state index in [1.165, 1.54) is 6.07 Å². The van der Waals surface area contributed by atoms with Gasteiger partial charge in [0.15, 0.2) is 0 Å². The van der Waals surface area contributed by atoms with E-state index in [9.17, 15) is 4.39 Å². The molecule has 0 atom stereocenters. The molecule has 2 N–H and O–H groups in total. The number of halogens is 1. The Kier molecular flexibility index (Phi) is 3.02. The van der Waals surface area contributed by atoms with Gasteiger partial charge in [-0.15, -0.1) is 0 Å². The number of rotatable bonds is 2. The average Bonchev–Trinajstić information content (AvgIpc) is 2.75. The van der Waals surface area contributed by atoms with Crippen LogP contribution in [0.2, 0.25) is 0 Å². The molecule has 20 heavy (non-hydrogen) atoms. The summed E-state index contributed by atoms with van der Waals surface area (Å²) in [6.07, 6.45) is 0. The first-order valence-electron chi connectivity index (χ1n) is 6.77. The van der Waals surface area contributed by atoms with Crippen molar-refractivity contribution in [1.29, 1.82) is 0 Å². The van der Waals surface area contributed by atoms with Crippen molar-refractivity contribution in [2.24, 2.45) is 5.73 Å². The fraction of sp³-hybridized carbons (Fsp3) is 0.294. The normalized spacial score (nSPS) is 15.8. The second-order valence-electron chi connectivity index (χ2n) is 5.90. The number of nitrogens with two attached hydrogens (primary N) is 1. The van der Waals surface area contributed by atoms with E-state index in [-0.39, 0.29) is 11.2 Å². The van der Waals surface area contributed by atoms with Crippen LogP contribution in [0.5, 0.6) is 5.75 Å². The molecule has 2 aromatic rings. The van der Waals surface area contributed by atoms with Crippen LogP contribution in [0.15, 0.2) is 36.4 Å². The van der Waals surface area contributed by atoms with Crippen molar-refractivity contribution in [3.8, 4) is 16.9 Å². The van der Waals surface area contributed by atoms with E-state index in [0.717, 1.165) is 22.4 Å². The molecule has 0 bridgehead atoms. The van der Waals surface area contributed by atoms with Crippen LogP contribution in [-0.2, 0) is 12.0 Å². The zero-order chi connectivity index (χ0) is 14.3. The van der Waals surface area contributed by atoms with Crippen molar-refractivity contribution in [1.82, 2.24) is 0 Å². The highest BCUT2D eigenvalue weighted by molar-refractivity contribution is 5.68. The van der Waals surface area contributed by atoms with Crippen LogP contribution in [-0.4, -0.2) is 6.61 Å². The lowest BCUT2D eigenvalue weighted by molar-refractivity contribution is 0.291. The minimum atomic E-state index is -0.223. The van der Waals surface area contributed by atoms with Gasteiger partial charge in [0.05, 0.1) is 6.61 Å². The van der Waals surface area contributed by atoms with Gasteiger partial charge in [-0.3, -0.25) is 0 Å². The van der Waals surface area contributed by atoms with Gasteiger partial charge in [0.1, 0.15) is 11.6 Å². The summed E-state index contributed by atoms with van der Waals surface area (Å²) in [7, 11) is 0. The third-order valence-corrected chi connectivity index (χ3v) is 3.87. The van der Waals surface area contributed by atoms with Crippen LogP contribution in [0, 0.1) is 5.82 Å². The minimum Gasteiger partial charge on any atom is -0.492 e. The van der Waals surface area contributed by atoms with E-state index in [2.05, 4.69) is 13.8 Å². The lowest BCUT2D eigenvalue weighted by Gasteiger charge is -2.16. The molecule has 0 radical (unpaired) electrons. The number of ether oxygens (including phenoxy) is 1. The van der Waals surface area contributed by atoms with E-state index < -0.39 is 0 Å². The van der Waals surface area contributed by atoms with Crippen molar-refractivity contribution >= 4 is 0 Å². The van der Waals surface area contributed by atoms with Gasteiger partial charge in [-0.05, 0) is 35.4 Å². The molecule has 0 aromatic heterocycles.